The number of aromatic nitrogens is 3. The van der Waals surface area contributed by atoms with Crippen molar-refractivity contribution in [2.24, 2.45) is 0 Å². The highest BCUT2D eigenvalue weighted by Gasteiger charge is 2.28. The van der Waals surface area contributed by atoms with Crippen molar-refractivity contribution in [1.29, 1.82) is 0 Å². The summed E-state index contributed by atoms with van der Waals surface area (Å²) < 4.78 is 19.4. The minimum absolute atomic E-state index is 0.109. The summed E-state index contributed by atoms with van der Waals surface area (Å²) in [6.45, 7) is 1.25. The van der Waals surface area contributed by atoms with Crippen molar-refractivity contribution in [3.05, 3.63) is 36.5 Å². The maximum absolute atomic E-state index is 12.0. The number of nitrogens with zero attached hydrogens (tertiary/aromatic N) is 4. The van der Waals surface area contributed by atoms with Gasteiger partial charge in [0.2, 0.25) is 5.78 Å². The van der Waals surface area contributed by atoms with Crippen LogP contribution in [0.15, 0.2) is 36.5 Å². The first kappa shape index (κ1) is 12.5. The molecule has 0 bridgehead atoms. The van der Waals surface area contributed by atoms with Gasteiger partial charge in [0, 0.05) is 19.3 Å². The van der Waals surface area contributed by atoms with Crippen molar-refractivity contribution in [3.63, 3.8) is 0 Å². The summed E-state index contributed by atoms with van der Waals surface area (Å²) in [6.07, 6.45) is 2.10. The molecule has 4 rings (SSSR count). The number of anilines is 1. The lowest BCUT2D eigenvalue weighted by Crippen LogP contribution is -2.52. The van der Waals surface area contributed by atoms with Crippen LogP contribution in [-0.4, -0.2) is 46.8 Å². The molecule has 3 aromatic rings. The van der Waals surface area contributed by atoms with Gasteiger partial charge in [-0.3, -0.25) is 4.40 Å². The van der Waals surface area contributed by atoms with Gasteiger partial charge in [0.05, 0.1) is 23.7 Å². The summed E-state index contributed by atoms with van der Waals surface area (Å²) >= 11 is 0. The van der Waals surface area contributed by atoms with Gasteiger partial charge < -0.3 is 9.64 Å². The number of hydrogen-bond acceptors (Lipinski definition) is 4. The average Bonchev–Trinajstić information content (AvgIpc) is 2.83. The summed E-state index contributed by atoms with van der Waals surface area (Å²) in [5.41, 5.74) is 1.99. The second kappa shape index (κ2) is 4.96. The number of ether oxygens (including phenoxy) is 1. The highest BCUT2D eigenvalue weighted by Crippen LogP contribution is 2.22. The van der Waals surface area contributed by atoms with Gasteiger partial charge in [-0.2, -0.15) is 4.98 Å². The Balaban J connectivity index is 1.59. The van der Waals surface area contributed by atoms with Crippen molar-refractivity contribution >= 4 is 22.6 Å². The molecule has 0 saturated carbocycles. The van der Waals surface area contributed by atoms with Crippen molar-refractivity contribution in [2.75, 3.05) is 31.3 Å². The Kier molecular flexibility index (Phi) is 2.96. The number of fused-ring (bicyclic) bond motifs is 3. The van der Waals surface area contributed by atoms with E-state index in [9.17, 15) is 4.39 Å². The molecule has 0 radical (unpaired) electrons. The number of benzene rings is 1. The van der Waals surface area contributed by atoms with Gasteiger partial charge in [0.25, 0.3) is 0 Å². The van der Waals surface area contributed by atoms with E-state index >= 15 is 0 Å². The molecule has 1 aromatic carbocycles. The lowest BCUT2D eigenvalue weighted by molar-refractivity contribution is 0.0265. The van der Waals surface area contributed by atoms with Crippen molar-refractivity contribution in [2.45, 2.75) is 6.10 Å². The van der Waals surface area contributed by atoms with E-state index in [0.29, 0.717) is 5.78 Å². The maximum atomic E-state index is 12.0. The molecule has 1 saturated heterocycles. The standard InChI is InChI=1S/C15H15FN4O/c16-6-8-21-11-9-19(10-11)14-5-7-20-13-4-2-1-3-12(13)17-15(20)18-14/h1-5,7,11H,6,8-10H2. The molecule has 1 aliphatic heterocycles. The van der Waals surface area contributed by atoms with E-state index in [1.165, 1.54) is 0 Å². The van der Waals surface area contributed by atoms with Gasteiger partial charge in [-0.15, -0.1) is 0 Å². The SMILES string of the molecule is FCCOC1CN(c2ccn3c(n2)nc2ccccc23)C1. The first-order chi connectivity index (χ1) is 10.3. The number of para-hydroxylation sites is 2. The van der Waals surface area contributed by atoms with Crippen LogP contribution in [0.1, 0.15) is 0 Å². The molecule has 5 nitrogen and oxygen atoms in total. The minimum Gasteiger partial charge on any atom is -0.372 e. The Morgan fingerprint density at radius 1 is 1.19 bits per heavy atom. The number of halogens is 1. The summed E-state index contributed by atoms with van der Waals surface area (Å²) in [6, 6.07) is 9.95. The van der Waals surface area contributed by atoms with E-state index in [1.807, 2.05) is 40.9 Å². The third kappa shape index (κ3) is 2.12. The lowest BCUT2D eigenvalue weighted by atomic mass is 10.1. The topological polar surface area (TPSA) is 42.7 Å². The van der Waals surface area contributed by atoms with Gasteiger partial charge in [-0.25, -0.2) is 9.37 Å². The number of hydrogen-bond donors (Lipinski definition) is 0. The van der Waals surface area contributed by atoms with Crippen LogP contribution in [0, 0.1) is 0 Å². The second-order valence-corrected chi connectivity index (χ2v) is 5.14. The number of alkyl halides is 1. The molecule has 21 heavy (non-hydrogen) atoms. The summed E-state index contributed by atoms with van der Waals surface area (Å²) in [5, 5.41) is 0. The van der Waals surface area contributed by atoms with Crippen molar-refractivity contribution in [1.82, 2.24) is 14.4 Å². The zero-order chi connectivity index (χ0) is 14.2. The third-order valence-corrected chi connectivity index (χ3v) is 3.77. The molecule has 0 atom stereocenters. The van der Waals surface area contributed by atoms with E-state index in [1.54, 1.807) is 0 Å². The molecule has 0 spiro atoms. The quantitative estimate of drug-likeness (QED) is 0.736. The first-order valence-corrected chi connectivity index (χ1v) is 7.01. The first-order valence-electron chi connectivity index (χ1n) is 7.01. The van der Waals surface area contributed by atoms with Gasteiger partial charge in [0.1, 0.15) is 12.5 Å². The fourth-order valence-electron chi connectivity index (χ4n) is 2.66. The molecular weight excluding hydrogens is 271 g/mol. The molecule has 1 fully saturated rings. The van der Waals surface area contributed by atoms with E-state index in [0.717, 1.165) is 29.9 Å². The second-order valence-electron chi connectivity index (χ2n) is 5.14. The van der Waals surface area contributed by atoms with Crippen LogP contribution in [0.2, 0.25) is 0 Å². The molecule has 3 heterocycles. The average molecular weight is 286 g/mol. The number of imidazole rings is 1. The van der Waals surface area contributed by atoms with Gasteiger partial charge >= 0.3 is 0 Å². The summed E-state index contributed by atoms with van der Waals surface area (Å²) in [7, 11) is 0. The predicted molar refractivity (Wildman–Crippen MR) is 78.4 cm³/mol. The van der Waals surface area contributed by atoms with E-state index in [4.69, 9.17) is 4.74 Å². The zero-order valence-corrected chi connectivity index (χ0v) is 11.4. The molecule has 0 aliphatic carbocycles. The highest BCUT2D eigenvalue weighted by molar-refractivity contribution is 5.79. The van der Waals surface area contributed by atoms with Crippen molar-refractivity contribution in [3.8, 4) is 0 Å². The van der Waals surface area contributed by atoms with Crippen LogP contribution in [0.3, 0.4) is 0 Å². The van der Waals surface area contributed by atoms with Crippen LogP contribution in [-0.2, 0) is 4.74 Å². The van der Waals surface area contributed by atoms with Gasteiger partial charge in [-0.1, -0.05) is 12.1 Å². The third-order valence-electron chi connectivity index (χ3n) is 3.77. The van der Waals surface area contributed by atoms with Crippen LogP contribution in [0.5, 0.6) is 0 Å². The molecule has 108 valence electrons. The van der Waals surface area contributed by atoms with Gasteiger partial charge in [0.15, 0.2) is 0 Å². The number of rotatable bonds is 4. The Bertz CT molecular complexity index is 782. The zero-order valence-electron chi connectivity index (χ0n) is 11.4. The van der Waals surface area contributed by atoms with E-state index in [2.05, 4.69) is 14.9 Å². The summed E-state index contributed by atoms with van der Waals surface area (Å²) in [5.74, 6) is 1.58. The fraction of sp³-hybridized carbons (Fsp3) is 0.333. The Hall–Kier alpha value is -2.21. The molecule has 0 amide bonds. The van der Waals surface area contributed by atoms with E-state index < -0.39 is 6.67 Å². The summed E-state index contributed by atoms with van der Waals surface area (Å²) in [4.78, 5) is 11.2. The Labute approximate surface area is 121 Å². The predicted octanol–water partition coefficient (Wildman–Crippen LogP) is 2.06. The lowest BCUT2D eigenvalue weighted by Gasteiger charge is -2.39. The van der Waals surface area contributed by atoms with Crippen LogP contribution >= 0.6 is 0 Å². The van der Waals surface area contributed by atoms with E-state index in [-0.39, 0.29) is 12.7 Å². The van der Waals surface area contributed by atoms with Crippen LogP contribution < -0.4 is 4.90 Å². The van der Waals surface area contributed by atoms with Crippen LogP contribution in [0.4, 0.5) is 10.2 Å². The molecule has 0 unspecified atom stereocenters. The maximum Gasteiger partial charge on any atom is 0.236 e. The van der Waals surface area contributed by atoms with Crippen molar-refractivity contribution < 1.29 is 9.13 Å². The molecule has 0 N–H and O–H groups in total. The Morgan fingerprint density at radius 3 is 2.90 bits per heavy atom. The monoisotopic (exact) mass is 286 g/mol. The molecule has 1 aliphatic rings. The smallest absolute Gasteiger partial charge is 0.236 e. The Morgan fingerprint density at radius 2 is 2.05 bits per heavy atom. The molecule has 6 heteroatoms. The molecular formula is C15H15FN4O. The fourth-order valence-corrected chi connectivity index (χ4v) is 2.66. The van der Waals surface area contributed by atoms with Gasteiger partial charge in [-0.05, 0) is 18.2 Å². The normalized spacial score (nSPS) is 15.8. The highest BCUT2D eigenvalue weighted by atomic mass is 19.1. The molecule has 2 aromatic heterocycles. The minimum atomic E-state index is -0.429. The van der Waals surface area contributed by atoms with Crippen LogP contribution in [0.25, 0.3) is 16.8 Å². The largest absolute Gasteiger partial charge is 0.372 e.